The SMILES string of the molecule is CC[C@@]1([C@@H]2O[C@@H]([C@H]3O[C@@](O)(COC(=O)NC)[C@H](C)C[C@@H]3C)C[C@@H]2C)CC[C@H]([C@]2(C)CC[C@]3(C[C@H](O)[C@@H](C)[C@@H]([C@@H](C)[C@@H](OC)C(C)C(=O)[O-])O3)O2)O1.[Na+]. The smallest absolute Gasteiger partial charge is 0.550 e. The van der Waals surface area contributed by atoms with E-state index in [2.05, 4.69) is 33.0 Å². The van der Waals surface area contributed by atoms with E-state index in [-0.39, 0.29) is 90.2 Å². The average molecular weight is 750 g/mol. The number of amides is 1. The first kappa shape index (κ1) is 44.1. The molecular weight excluding hydrogens is 685 g/mol. The zero-order valence-electron chi connectivity index (χ0n) is 33.3. The number of hydrogen-bond acceptors (Lipinski definition) is 12. The van der Waals surface area contributed by atoms with E-state index in [0.29, 0.717) is 25.7 Å². The Morgan fingerprint density at radius 2 is 1.73 bits per heavy atom. The Labute approximate surface area is 332 Å². The number of rotatable bonds is 11. The van der Waals surface area contributed by atoms with Crippen molar-refractivity contribution < 1.29 is 87.6 Å². The number of carboxylic acids is 1. The van der Waals surface area contributed by atoms with Crippen molar-refractivity contribution in [3.8, 4) is 0 Å². The van der Waals surface area contributed by atoms with Crippen LogP contribution in [0.4, 0.5) is 4.79 Å². The van der Waals surface area contributed by atoms with Crippen molar-refractivity contribution in [3.63, 3.8) is 0 Å². The molecule has 5 fully saturated rings. The Morgan fingerprint density at radius 1 is 1.04 bits per heavy atom. The molecule has 0 saturated carbocycles. The van der Waals surface area contributed by atoms with Gasteiger partial charge >= 0.3 is 35.7 Å². The number of aliphatic hydroxyl groups is 2. The van der Waals surface area contributed by atoms with Gasteiger partial charge in [0, 0.05) is 56.6 Å². The Hall–Kier alpha value is -0.580. The van der Waals surface area contributed by atoms with Crippen molar-refractivity contribution in [2.24, 2.45) is 35.5 Å². The topological polar surface area (TPSA) is 174 Å². The van der Waals surface area contributed by atoms with Crippen LogP contribution in [0.25, 0.3) is 0 Å². The van der Waals surface area contributed by atoms with Gasteiger partial charge in [-0.2, -0.15) is 0 Å². The molecule has 14 heteroatoms. The number of ether oxygens (including phenoxy) is 7. The van der Waals surface area contributed by atoms with E-state index in [1.54, 1.807) is 6.92 Å². The molecule has 0 aromatic carbocycles. The van der Waals surface area contributed by atoms with E-state index in [9.17, 15) is 24.9 Å². The number of methoxy groups -OCH3 is 1. The Balaban J connectivity index is 0.00000605. The number of hydrogen-bond donors (Lipinski definition) is 3. The molecule has 0 aromatic heterocycles. The Morgan fingerprint density at radius 3 is 2.35 bits per heavy atom. The van der Waals surface area contributed by atoms with E-state index < -0.39 is 59.1 Å². The third kappa shape index (κ3) is 8.40. The minimum absolute atomic E-state index is 0. The molecule has 5 saturated heterocycles. The number of carbonyl (C=O) groups is 2. The summed E-state index contributed by atoms with van der Waals surface area (Å²) in [4.78, 5) is 23.5. The first-order chi connectivity index (χ1) is 23.9. The van der Waals surface area contributed by atoms with Gasteiger partial charge in [-0.15, -0.1) is 0 Å². The number of alkyl carbamates (subject to hydrolysis) is 1. The van der Waals surface area contributed by atoms with Gasteiger partial charge in [-0.3, -0.25) is 0 Å². The molecule has 17 atom stereocenters. The zero-order chi connectivity index (χ0) is 37.7. The normalized spacial score (nSPS) is 46.7. The second-order valence-corrected chi connectivity index (χ2v) is 16.9. The van der Waals surface area contributed by atoms with Crippen LogP contribution in [0.2, 0.25) is 0 Å². The van der Waals surface area contributed by atoms with E-state index >= 15 is 0 Å². The van der Waals surface area contributed by atoms with Crippen LogP contribution in [0.15, 0.2) is 0 Å². The molecular formula is C38H64NNaO12. The summed E-state index contributed by atoms with van der Waals surface area (Å²) in [6.45, 7) is 15.5. The molecule has 0 aromatic rings. The molecule has 5 aliphatic heterocycles. The van der Waals surface area contributed by atoms with Crippen molar-refractivity contribution in [2.45, 2.75) is 172 Å². The molecule has 294 valence electrons. The Bertz CT molecular complexity index is 1250. The summed E-state index contributed by atoms with van der Waals surface area (Å²) in [6.07, 6.45) is 1.77. The molecule has 5 heterocycles. The number of carboxylic acid groups (broad SMARTS) is 1. The zero-order valence-corrected chi connectivity index (χ0v) is 35.3. The van der Waals surface area contributed by atoms with Gasteiger partial charge in [-0.05, 0) is 57.3 Å². The van der Waals surface area contributed by atoms with Gasteiger partial charge in [0.25, 0.3) is 0 Å². The molecule has 52 heavy (non-hydrogen) atoms. The van der Waals surface area contributed by atoms with E-state index in [4.69, 9.17) is 33.2 Å². The maximum atomic E-state index is 11.8. The summed E-state index contributed by atoms with van der Waals surface area (Å²) in [6, 6.07) is 0. The fourth-order valence-electron chi connectivity index (χ4n) is 10.1. The minimum Gasteiger partial charge on any atom is -0.550 e. The number of aliphatic hydroxyl groups excluding tert-OH is 1. The summed E-state index contributed by atoms with van der Waals surface area (Å²) in [5.41, 5.74) is -1.22. The van der Waals surface area contributed by atoms with Gasteiger partial charge < -0.3 is 58.6 Å². The summed E-state index contributed by atoms with van der Waals surface area (Å²) >= 11 is 0. The fourth-order valence-corrected chi connectivity index (χ4v) is 10.1. The molecule has 1 unspecified atom stereocenters. The van der Waals surface area contributed by atoms with Crippen LogP contribution in [0, 0.1) is 35.5 Å². The predicted octanol–water partition coefficient (Wildman–Crippen LogP) is 0.306. The Kier molecular flexibility index (Phi) is 14.3. The van der Waals surface area contributed by atoms with Gasteiger partial charge in [0.15, 0.2) is 5.79 Å². The number of aliphatic carboxylic acids is 1. The molecule has 0 aliphatic carbocycles. The van der Waals surface area contributed by atoms with Crippen molar-refractivity contribution in [3.05, 3.63) is 0 Å². The predicted molar refractivity (Wildman–Crippen MR) is 183 cm³/mol. The van der Waals surface area contributed by atoms with Crippen molar-refractivity contribution in [1.82, 2.24) is 5.32 Å². The minimum atomic E-state index is -1.62. The number of nitrogens with one attached hydrogen (secondary N) is 1. The third-order valence-corrected chi connectivity index (χ3v) is 13.4. The van der Waals surface area contributed by atoms with Crippen LogP contribution < -0.4 is 40.0 Å². The molecule has 1 spiro atoms. The van der Waals surface area contributed by atoms with Crippen LogP contribution >= 0.6 is 0 Å². The van der Waals surface area contributed by atoms with E-state index in [1.807, 2.05) is 20.8 Å². The van der Waals surface area contributed by atoms with E-state index in [1.165, 1.54) is 14.2 Å². The van der Waals surface area contributed by atoms with E-state index in [0.717, 1.165) is 25.7 Å². The monoisotopic (exact) mass is 749 g/mol. The van der Waals surface area contributed by atoms with Gasteiger partial charge in [0.1, 0.15) is 6.61 Å². The molecule has 1 amide bonds. The summed E-state index contributed by atoms with van der Waals surface area (Å²) < 4.78 is 44.9. The maximum Gasteiger partial charge on any atom is 1.00 e. The van der Waals surface area contributed by atoms with Crippen LogP contribution in [-0.2, 0) is 38.0 Å². The van der Waals surface area contributed by atoms with Gasteiger partial charge in [0.05, 0.1) is 53.9 Å². The molecule has 5 aliphatic rings. The van der Waals surface area contributed by atoms with Gasteiger partial charge in [0.2, 0.25) is 5.79 Å². The quantitative estimate of drug-likeness (QED) is 0.247. The van der Waals surface area contributed by atoms with Crippen molar-refractivity contribution in [1.29, 1.82) is 0 Å². The summed E-state index contributed by atoms with van der Waals surface area (Å²) in [7, 11) is 2.96. The summed E-state index contributed by atoms with van der Waals surface area (Å²) in [5.74, 6) is -5.24. The first-order valence-corrected chi connectivity index (χ1v) is 19.2. The van der Waals surface area contributed by atoms with Gasteiger partial charge in [-0.25, -0.2) is 4.79 Å². The molecule has 3 N–H and O–H groups in total. The maximum absolute atomic E-state index is 11.8. The van der Waals surface area contributed by atoms with Crippen LogP contribution in [0.5, 0.6) is 0 Å². The molecule has 0 bridgehead atoms. The largest absolute Gasteiger partial charge is 1.00 e. The van der Waals surface area contributed by atoms with Crippen molar-refractivity contribution in [2.75, 3.05) is 20.8 Å². The molecule has 0 radical (unpaired) electrons. The van der Waals surface area contributed by atoms with Crippen molar-refractivity contribution >= 4 is 12.1 Å². The third-order valence-electron chi connectivity index (χ3n) is 13.4. The van der Waals surface area contributed by atoms with Crippen LogP contribution in [0.3, 0.4) is 0 Å². The fraction of sp³-hybridized carbons (Fsp3) is 0.947. The molecule has 13 nitrogen and oxygen atoms in total. The average Bonchev–Trinajstić information content (AvgIpc) is 3.80. The second-order valence-electron chi connectivity index (χ2n) is 16.9. The number of carbonyl (C=O) groups excluding carboxylic acids is 2. The first-order valence-electron chi connectivity index (χ1n) is 19.2. The van der Waals surface area contributed by atoms with Crippen LogP contribution in [-0.4, -0.2) is 109 Å². The molecule has 5 rings (SSSR count). The van der Waals surface area contributed by atoms with Crippen LogP contribution in [0.1, 0.15) is 107 Å². The standard InChI is InChI=1S/C38H65NO12.Na/c1-11-36(32-21(3)17-27(47-32)29-20(2)16-22(4)38(44,50-29)19-46-34(43)39-9)13-12-28(48-36)35(8)14-15-37(51-35)18-26(40)23(5)31(49-37)24(6)30(45-10)25(7)33(41)42;/h20-32,40,44H,11-19H2,1-10H3,(H,39,43)(H,41,42);/q;+1/p-1/t20-,21-,22+,23+,24-,25?,26-,27+,28+,29-,30+,31-,32+,35-,36-,37+,38-;/m0./s1. The second kappa shape index (κ2) is 16.9. The summed E-state index contributed by atoms with van der Waals surface area (Å²) in [5, 5.41) is 36.9. The van der Waals surface area contributed by atoms with Gasteiger partial charge in [-0.1, -0.05) is 48.5 Å².